The van der Waals surface area contributed by atoms with Gasteiger partial charge in [0, 0.05) is 12.3 Å². The molecule has 5 nitrogen and oxygen atoms in total. The Kier molecular flexibility index (Phi) is 5.68. The third-order valence-corrected chi connectivity index (χ3v) is 3.04. The maximum absolute atomic E-state index is 13.2. The molecular weight excluding hydrogens is 340 g/mol. The first-order chi connectivity index (χ1) is 11.8. The highest BCUT2D eigenvalue weighted by Crippen LogP contribution is 2.33. The van der Waals surface area contributed by atoms with Crippen molar-refractivity contribution in [1.29, 1.82) is 0 Å². The quantitative estimate of drug-likeness (QED) is 0.386. The number of aromatic nitrogens is 1. The molecule has 0 saturated heterocycles. The second-order valence-electron chi connectivity index (χ2n) is 5.00. The highest BCUT2D eigenvalue weighted by atomic mass is 19.4. The van der Waals surface area contributed by atoms with E-state index in [0.717, 1.165) is 17.8 Å². The van der Waals surface area contributed by atoms with E-state index in [1.807, 2.05) is 6.92 Å². The van der Waals surface area contributed by atoms with Crippen LogP contribution in [0.15, 0.2) is 46.6 Å². The molecule has 0 radical (unpaired) electrons. The zero-order valence-corrected chi connectivity index (χ0v) is 13.1. The minimum absolute atomic E-state index is 0.0796. The van der Waals surface area contributed by atoms with E-state index in [2.05, 4.69) is 15.1 Å². The van der Waals surface area contributed by atoms with E-state index in [4.69, 9.17) is 10.6 Å². The number of ether oxygens (including phenoxy) is 1. The van der Waals surface area contributed by atoms with Crippen molar-refractivity contribution in [2.75, 3.05) is 6.61 Å². The molecule has 0 aliphatic rings. The van der Waals surface area contributed by atoms with Crippen molar-refractivity contribution in [2.45, 2.75) is 13.1 Å². The summed E-state index contributed by atoms with van der Waals surface area (Å²) in [6.45, 7) is 1.78. The molecule has 2 N–H and O–H groups in total. The average molecular weight is 354 g/mol. The number of halogens is 4. The number of nitrogens with two attached hydrogens (primary N) is 1. The van der Waals surface area contributed by atoms with Crippen LogP contribution in [-0.2, 0) is 6.18 Å². The normalized spacial score (nSPS) is 12.6. The highest BCUT2D eigenvalue weighted by Gasteiger charge is 2.34. The molecule has 132 valence electrons. The third kappa shape index (κ3) is 5.27. The van der Waals surface area contributed by atoms with Gasteiger partial charge in [0.25, 0.3) is 0 Å². The van der Waals surface area contributed by atoms with Gasteiger partial charge >= 0.3 is 6.18 Å². The van der Waals surface area contributed by atoms with Crippen molar-refractivity contribution in [3.05, 3.63) is 53.5 Å². The number of nitrogens with zero attached hydrogens (tertiary/aromatic N) is 3. The Balaban J connectivity index is 2.09. The molecule has 0 saturated carbocycles. The van der Waals surface area contributed by atoms with Crippen LogP contribution in [0.2, 0.25) is 0 Å². The Morgan fingerprint density at radius 2 is 2.04 bits per heavy atom. The van der Waals surface area contributed by atoms with Crippen LogP contribution in [-0.4, -0.2) is 23.5 Å². The Hall–Kier alpha value is -2.97. The third-order valence-electron chi connectivity index (χ3n) is 3.04. The monoisotopic (exact) mass is 354 g/mol. The van der Waals surface area contributed by atoms with Crippen molar-refractivity contribution in [1.82, 2.24) is 4.98 Å². The maximum atomic E-state index is 13.2. The van der Waals surface area contributed by atoms with Crippen LogP contribution in [0.4, 0.5) is 23.2 Å². The van der Waals surface area contributed by atoms with Gasteiger partial charge in [-0.2, -0.15) is 18.3 Å². The molecule has 25 heavy (non-hydrogen) atoms. The van der Waals surface area contributed by atoms with Crippen molar-refractivity contribution < 1.29 is 22.3 Å². The van der Waals surface area contributed by atoms with E-state index >= 15 is 0 Å². The summed E-state index contributed by atoms with van der Waals surface area (Å²) >= 11 is 0. The van der Waals surface area contributed by atoms with Crippen LogP contribution >= 0.6 is 0 Å². The summed E-state index contributed by atoms with van der Waals surface area (Å²) in [4.78, 5) is 7.80. The van der Waals surface area contributed by atoms with Crippen molar-refractivity contribution in [3.8, 4) is 5.88 Å². The SMILES string of the molecule is Cc1ccnc(OCC(C=Nc2ccc(F)c(C(F)(F)F)c2)=NN)c1. The zero-order valence-electron chi connectivity index (χ0n) is 13.1. The summed E-state index contributed by atoms with van der Waals surface area (Å²) in [5, 5.41) is 3.45. The highest BCUT2D eigenvalue weighted by molar-refractivity contribution is 6.31. The van der Waals surface area contributed by atoms with Gasteiger partial charge in [0.05, 0.1) is 17.5 Å². The van der Waals surface area contributed by atoms with E-state index < -0.39 is 17.6 Å². The van der Waals surface area contributed by atoms with Crippen LogP contribution in [0, 0.1) is 12.7 Å². The smallest absolute Gasteiger partial charge is 0.419 e. The van der Waals surface area contributed by atoms with E-state index in [-0.39, 0.29) is 18.0 Å². The largest absolute Gasteiger partial charge is 0.471 e. The molecule has 0 spiro atoms. The number of alkyl halides is 3. The van der Waals surface area contributed by atoms with Gasteiger partial charge in [-0.3, -0.25) is 4.99 Å². The van der Waals surface area contributed by atoms with Gasteiger partial charge in [0.15, 0.2) is 0 Å². The second kappa shape index (κ2) is 7.73. The van der Waals surface area contributed by atoms with Gasteiger partial charge in [-0.15, -0.1) is 0 Å². The number of benzene rings is 1. The Labute approximate surface area is 140 Å². The molecule has 0 amide bonds. The molecule has 1 aromatic carbocycles. The summed E-state index contributed by atoms with van der Waals surface area (Å²) in [5.74, 6) is 4.19. The lowest BCUT2D eigenvalue weighted by Crippen LogP contribution is -2.15. The first-order valence-corrected chi connectivity index (χ1v) is 7.02. The fourth-order valence-electron chi connectivity index (χ4n) is 1.80. The number of hydrogen-bond acceptors (Lipinski definition) is 5. The van der Waals surface area contributed by atoms with Crippen LogP contribution in [0.3, 0.4) is 0 Å². The Morgan fingerprint density at radius 3 is 2.68 bits per heavy atom. The molecule has 1 aromatic heterocycles. The molecule has 0 bridgehead atoms. The predicted octanol–water partition coefficient (Wildman–Crippen LogP) is 3.64. The molecule has 2 aromatic rings. The van der Waals surface area contributed by atoms with Crippen molar-refractivity contribution >= 4 is 17.6 Å². The summed E-state index contributed by atoms with van der Waals surface area (Å²) in [5.41, 5.74) is -0.380. The van der Waals surface area contributed by atoms with Crippen LogP contribution in [0.25, 0.3) is 0 Å². The molecule has 0 atom stereocenters. The fourth-order valence-corrected chi connectivity index (χ4v) is 1.80. The number of rotatable bonds is 5. The molecule has 0 fully saturated rings. The van der Waals surface area contributed by atoms with Gasteiger partial charge in [0.2, 0.25) is 5.88 Å². The number of aliphatic imine (C=N–C) groups is 1. The van der Waals surface area contributed by atoms with E-state index in [9.17, 15) is 17.6 Å². The number of hydrazone groups is 1. The first-order valence-electron chi connectivity index (χ1n) is 7.02. The van der Waals surface area contributed by atoms with Crippen LogP contribution < -0.4 is 10.6 Å². The number of hydrogen-bond donors (Lipinski definition) is 1. The summed E-state index contributed by atoms with van der Waals surface area (Å²) in [6, 6.07) is 5.89. The minimum Gasteiger partial charge on any atom is -0.471 e. The molecule has 0 aliphatic carbocycles. The Morgan fingerprint density at radius 1 is 1.28 bits per heavy atom. The van der Waals surface area contributed by atoms with Gasteiger partial charge in [-0.05, 0) is 36.8 Å². The van der Waals surface area contributed by atoms with E-state index in [0.29, 0.717) is 18.0 Å². The van der Waals surface area contributed by atoms with Crippen LogP contribution in [0.1, 0.15) is 11.1 Å². The topological polar surface area (TPSA) is 72.9 Å². The standard InChI is InChI=1S/C16H14F4N4O/c1-10-4-5-22-15(6-10)25-9-12(24-21)8-23-11-2-3-14(17)13(7-11)16(18,19)20/h2-8H,9,21H2,1H3. The van der Waals surface area contributed by atoms with E-state index in [1.54, 1.807) is 18.3 Å². The lowest BCUT2D eigenvalue weighted by atomic mass is 10.2. The van der Waals surface area contributed by atoms with Crippen LogP contribution in [0.5, 0.6) is 5.88 Å². The summed E-state index contributed by atoms with van der Waals surface area (Å²) < 4.78 is 56.6. The molecule has 0 aliphatic heterocycles. The van der Waals surface area contributed by atoms with Gasteiger partial charge in [-0.1, -0.05) is 0 Å². The molecule has 9 heteroatoms. The van der Waals surface area contributed by atoms with Crippen molar-refractivity contribution in [2.24, 2.45) is 15.9 Å². The van der Waals surface area contributed by atoms with Gasteiger partial charge in [-0.25, -0.2) is 9.37 Å². The molecule has 1 heterocycles. The lowest BCUT2D eigenvalue weighted by Gasteiger charge is -2.08. The number of pyridine rings is 1. The second-order valence-corrected chi connectivity index (χ2v) is 5.00. The minimum atomic E-state index is -4.81. The Bertz CT molecular complexity index is 803. The fraction of sp³-hybridized carbons (Fsp3) is 0.188. The summed E-state index contributed by atoms with van der Waals surface area (Å²) in [7, 11) is 0. The molecule has 0 unspecified atom stereocenters. The zero-order chi connectivity index (χ0) is 18.4. The lowest BCUT2D eigenvalue weighted by molar-refractivity contribution is -0.139. The summed E-state index contributed by atoms with van der Waals surface area (Å²) in [6.07, 6.45) is -2.10. The molecular formula is C16H14F4N4O. The first kappa shape index (κ1) is 18.4. The van der Waals surface area contributed by atoms with Crippen molar-refractivity contribution in [3.63, 3.8) is 0 Å². The average Bonchev–Trinajstić information content (AvgIpc) is 2.55. The number of aryl methyl sites for hydroxylation is 1. The van der Waals surface area contributed by atoms with Gasteiger partial charge < -0.3 is 10.6 Å². The maximum Gasteiger partial charge on any atom is 0.419 e. The van der Waals surface area contributed by atoms with E-state index in [1.165, 1.54) is 0 Å². The molecule has 2 rings (SSSR count). The van der Waals surface area contributed by atoms with Gasteiger partial charge in [0.1, 0.15) is 18.1 Å². The predicted molar refractivity (Wildman–Crippen MR) is 85.6 cm³/mol.